The first kappa shape index (κ1) is 23.2. The van der Waals surface area contributed by atoms with Gasteiger partial charge in [-0.05, 0) is 33.2 Å². The van der Waals surface area contributed by atoms with Crippen LogP contribution in [-0.4, -0.2) is 64.3 Å². The number of nitrogens with two attached hydrogens (primary N) is 1. The summed E-state index contributed by atoms with van der Waals surface area (Å²) in [6, 6.07) is 0.731. The molecule has 0 radical (unpaired) electrons. The van der Waals surface area contributed by atoms with Crippen LogP contribution >= 0.6 is 0 Å². The third-order valence-electron chi connectivity index (χ3n) is 3.77. The predicted molar refractivity (Wildman–Crippen MR) is 96.1 cm³/mol. The van der Waals surface area contributed by atoms with E-state index in [1.165, 1.54) is 0 Å². The van der Waals surface area contributed by atoms with E-state index in [4.69, 9.17) is 27.9 Å². The molecule has 0 spiro atoms. The van der Waals surface area contributed by atoms with Gasteiger partial charge in [-0.25, -0.2) is 0 Å². The van der Waals surface area contributed by atoms with Gasteiger partial charge < -0.3 is 27.9 Å². The van der Waals surface area contributed by atoms with Crippen LogP contribution in [0.1, 0.15) is 40.0 Å². The molecule has 1 atom stereocenters. The zero-order valence-corrected chi connectivity index (χ0v) is 17.6. The van der Waals surface area contributed by atoms with E-state index in [9.17, 15) is 0 Å². The van der Waals surface area contributed by atoms with Crippen molar-refractivity contribution in [3.63, 3.8) is 0 Å². The van der Waals surface area contributed by atoms with Gasteiger partial charge in [0.1, 0.15) is 0 Å². The van der Waals surface area contributed by atoms with Crippen LogP contribution in [0.3, 0.4) is 0 Å². The first-order valence-electron chi connectivity index (χ1n) is 8.43. The van der Waals surface area contributed by atoms with Crippen LogP contribution in [0, 0.1) is 0 Å². The van der Waals surface area contributed by atoms with Gasteiger partial charge in [-0.3, -0.25) is 4.98 Å². The molecular formula is C14H36N2O5Si2. The predicted octanol–water partition coefficient (Wildman–Crippen LogP) is 1.52. The van der Waals surface area contributed by atoms with Crippen molar-refractivity contribution < 1.29 is 22.1 Å². The molecule has 0 aliphatic carbocycles. The minimum absolute atomic E-state index is 0.0957. The topological polar surface area (TPSA) is 84.2 Å². The van der Waals surface area contributed by atoms with Gasteiger partial charge in [0, 0.05) is 40.6 Å². The van der Waals surface area contributed by atoms with Crippen LogP contribution in [-0.2, 0) is 22.1 Å². The number of rotatable bonds is 15. The Hall–Kier alpha value is 0.154. The highest BCUT2D eigenvalue weighted by Crippen LogP contribution is 2.16. The lowest BCUT2D eigenvalue weighted by Gasteiger charge is -2.35. The van der Waals surface area contributed by atoms with Gasteiger partial charge in [0.15, 0.2) is 0 Å². The second-order valence-corrected chi connectivity index (χ2v) is 11.4. The second kappa shape index (κ2) is 12.5. The highest BCUT2D eigenvalue weighted by molar-refractivity contribution is 6.66. The summed E-state index contributed by atoms with van der Waals surface area (Å²) in [5.74, 6) is 0. The molecule has 3 N–H and O–H groups in total. The lowest BCUT2D eigenvalue weighted by Crippen LogP contribution is -2.68. The van der Waals surface area contributed by atoms with Crippen molar-refractivity contribution in [2.45, 2.75) is 51.7 Å². The van der Waals surface area contributed by atoms with Gasteiger partial charge in [-0.2, -0.15) is 0 Å². The average molecular weight is 369 g/mol. The van der Waals surface area contributed by atoms with E-state index in [1.807, 2.05) is 13.8 Å². The van der Waals surface area contributed by atoms with Gasteiger partial charge in [0.2, 0.25) is 0 Å². The first-order valence-corrected chi connectivity index (χ1v) is 12.3. The second-order valence-electron chi connectivity index (χ2n) is 5.25. The summed E-state index contributed by atoms with van der Waals surface area (Å²) in [5.41, 5.74) is 6.27. The van der Waals surface area contributed by atoms with E-state index < -0.39 is 17.5 Å². The molecule has 7 nitrogen and oxygen atoms in total. The maximum atomic E-state index is 6.37. The Morgan fingerprint density at radius 3 is 1.87 bits per heavy atom. The highest BCUT2D eigenvalue weighted by atomic mass is 28.4. The number of hydrogen-bond acceptors (Lipinski definition) is 7. The lowest BCUT2D eigenvalue weighted by atomic mass is 10.3. The summed E-state index contributed by atoms with van der Waals surface area (Å²) >= 11 is 0. The summed E-state index contributed by atoms with van der Waals surface area (Å²) in [5, 5.41) is 0. The van der Waals surface area contributed by atoms with Crippen molar-refractivity contribution in [3.8, 4) is 0 Å². The van der Waals surface area contributed by atoms with Gasteiger partial charge in [-0.1, -0.05) is 13.3 Å². The molecule has 0 aromatic rings. The Morgan fingerprint density at radius 1 is 0.957 bits per heavy atom. The van der Waals surface area contributed by atoms with Gasteiger partial charge in [0.05, 0.1) is 5.67 Å². The number of hydrogen-bond donors (Lipinski definition) is 2. The van der Waals surface area contributed by atoms with Gasteiger partial charge >= 0.3 is 17.5 Å². The molecule has 9 heteroatoms. The summed E-state index contributed by atoms with van der Waals surface area (Å²) < 4.78 is 28.3. The fourth-order valence-electron chi connectivity index (χ4n) is 2.54. The summed E-state index contributed by atoms with van der Waals surface area (Å²) in [6.07, 6.45) is 2.73. The molecule has 23 heavy (non-hydrogen) atoms. The molecule has 0 saturated heterocycles. The zero-order valence-electron chi connectivity index (χ0n) is 15.6. The molecule has 0 aromatic carbocycles. The number of nitrogens with one attached hydrogen (secondary N) is 1. The molecule has 0 rings (SSSR count). The molecule has 0 saturated carbocycles. The maximum absolute atomic E-state index is 6.37. The van der Waals surface area contributed by atoms with Crippen LogP contribution < -0.4 is 10.7 Å². The molecule has 0 fully saturated rings. The minimum atomic E-state index is -2.63. The largest absolute Gasteiger partial charge is 0.500 e. The Kier molecular flexibility index (Phi) is 12.6. The monoisotopic (exact) mass is 368 g/mol. The summed E-state index contributed by atoms with van der Waals surface area (Å²) in [6.45, 7) is 7.97. The van der Waals surface area contributed by atoms with Gasteiger partial charge in [0.25, 0.3) is 0 Å². The van der Waals surface area contributed by atoms with E-state index in [0.717, 1.165) is 31.9 Å². The summed E-state index contributed by atoms with van der Waals surface area (Å²) in [7, 11) is -0.272. The smallest absolute Gasteiger partial charge is 0.382 e. The quantitative estimate of drug-likeness (QED) is 0.335. The van der Waals surface area contributed by atoms with Crippen LogP contribution in [0.15, 0.2) is 0 Å². The highest BCUT2D eigenvalue weighted by Gasteiger charge is 2.44. The van der Waals surface area contributed by atoms with Gasteiger partial charge in [-0.15, -0.1) is 0 Å². The van der Waals surface area contributed by atoms with Crippen molar-refractivity contribution in [3.05, 3.63) is 0 Å². The minimum Gasteiger partial charge on any atom is -0.382 e. The molecule has 0 heterocycles. The van der Waals surface area contributed by atoms with Crippen LogP contribution in [0.4, 0.5) is 0 Å². The zero-order chi connectivity index (χ0) is 17.8. The van der Waals surface area contributed by atoms with Crippen molar-refractivity contribution >= 4 is 17.5 Å². The third-order valence-corrected chi connectivity index (χ3v) is 10.0. The Bertz CT molecular complexity index is 282. The fraction of sp³-hybridized carbons (Fsp3) is 1.00. The molecule has 0 aliphatic heterocycles. The molecule has 0 aliphatic rings. The van der Waals surface area contributed by atoms with Crippen molar-refractivity contribution in [1.29, 1.82) is 0 Å². The SMILES string of the molecule is CCCC(N)[Si](NCCC[Si](OC)(OC)OC)(OCC)OCC. The molecule has 0 amide bonds. The van der Waals surface area contributed by atoms with Crippen molar-refractivity contribution in [1.82, 2.24) is 4.98 Å². The third kappa shape index (κ3) is 7.28. The first-order chi connectivity index (χ1) is 11.0. The van der Waals surface area contributed by atoms with E-state index in [0.29, 0.717) is 13.2 Å². The molecule has 1 unspecified atom stereocenters. The maximum Gasteiger partial charge on any atom is 0.500 e. The molecule has 140 valence electrons. The van der Waals surface area contributed by atoms with Crippen molar-refractivity contribution in [2.24, 2.45) is 5.73 Å². The van der Waals surface area contributed by atoms with Crippen molar-refractivity contribution in [2.75, 3.05) is 41.1 Å². The standard InChI is InChI=1S/C14H36N2O5Si2/c1-7-11-14(15)23(20-8-2,21-9-3)16-12-10-13-22(17-4,18-5)19-6/h14,16H,7-13,15H2,1-6H3. The molecular weight excluding hydrogens is 332 g/mol. The van der Waals surface area contributed by atoms with E-state index in [-0.39, 0.29) is 5.67 Å². The van der Waals surface area contributed by atoms with Crippen LogP contribution in [0.5, 0.6) is 0 Å². The van der Waals surface area contributed by atoms with Crippen LogP contribution in [0.25, 0.3) is 0 Å². The Morgan fingerprint density at radius 2 is 1.48 bits per heavy atom. The lowest BCUT2D eigenvalue weighted by molar-refractivity contribution is 0.122. The fourth-order valence-corrected chi connectivity index (χ4v) is 7.29. The van der Waals surface area contributed by atoms with Crippen LogP contribution in [0.2, 0.25) is 6.04 Å². The molecule has 0 bridgehead atoms. The van der Waals surface area contributed by atoms with E-state index >= 15 is 0 Å². The average Bonchev–Trinajstić information content (AvgIpc) is 2.56. The Labute approximate surface area is 143 Å². The van der Waals surface area contributed by atoms with E-state index in [1.54, 1.807) is 21.3 Å². The van der Waals surface area contributed by atoms with E-state index in [2.05, 4.69) is 11.9 Å². The molecule has 0 aromatic heterocycles. The summed E-state index contributed by atoms with van der Waals surface area (Å²) in [4.78, 5) is 3.49. The Balaban J connectivity index is 4.71. The normalized spacial score (nSPS) is 14.2.